The molecule has 3 fully saturated rings. The first-order valence-electron chi connectivity index (χ1n) is 9.11. The smallest absolute Gasteiger partial charge is 0.241 e. The van der Waals surface area contributed by atoms with Gasteiger partial charge in [0.15, 0.2) is 5.78 Å². The highest BCUT2D eigenvalue weighted by Gasteiger charge is 2.40. The third kappa shape index (κ3) is 3.23. The second kappa shape index (κ2) is 6.65. The largest absolute Gasteiger partial charge is 0.341 e. The molecule has 1 aromatic carbocycles. The number of ketones is 1. The van der Waals surface area contributed by atoms with Gasteiger partial charge in [-0.1, -0.05) is 30.3 Å². The first-order chi connectivity index (χ1) is 11.7. The Bertz CT molecular complexity index is 606. The van der Waals surface area contributed by atoms with Gasteiger partial charge < -0.3 is 4.90 Å². The zero-order chi connectivity index (χ0) is 16.5. The maximum absolute atomic E-state index is 12.7. The Morgan fingerprint density at radius 2 is 1.67 bits per heavy atom. The number of Topliss-reactive ketones (excluding diaryl/α,β-unsaturated/α-hetero) is 1. The lowest BCUT2D eigenvalue weighted by molar-refractivity contribution is -0.134. The maximum atomic E-state index is 12.7. The fourth-order valence-corrected chi connectivity index (χ4v) is 3.97. The molecule has 5 nitrogen and oxygen atoms in total. The molecule has 0 bridgehead atoms. The zero-order valence-electron chi connectivity index (χ0n) is 13.9. The van der Waals surface area contributed by atoms with E-state index in [2.05, 4.69) is 10.9 Å². The summed E-state index contributed by atoms with van der Waals surface area (Å²) in [6, 6.07) is 9.85. The molecule has 0 spiro atoms. The van der Waals surface area contributed by atoms with E-state index >= 15 is 0 Å². The topological polar surface area (TPSA) is 61.4 Å². The van der Waals surface area contributed by atoms with Gasteiger partial charge in [0.1, 0.15) is 6.04 Å². The number of nitrogens with zero attached hydrogens (tertiary/aromatic N) is 1. The highest BCUT2D eigenvalue weighted by molar-refractivity contribution is 5.98. The Balaban J connectivity index is 1.29. The van der Waals surface area contributed by atoms with Crippen LogP contribution in [-0.2, 0) is 4.79 Å². The normalized spacial score (nSPS) is 28.1. The minimum Gasteiger partial charge on any atom is -0.341 e. The van der Waals surface area contributed by atoms with Crippen LogP contribution in [0.15, 0.2) is 30.3 Å². The lowest BCUT2D eigenvalue weighted by Crippen LogP contribution is -2.49. The molecule has 1 saturated carbocycles. The second-order valence-corrected chi connectivity index (χ2v) is 7.35. The average Bonchev–Trinajstić information content (AvgIpc) is 3.38. The zero-order valence-corrected chi connectivity index (χ0v) is 13.9. The Morgan fingerprint density at radius 1 is 0.958 bits per heavy atom. The summed E-state index contributed by atoms with van der Waals surface area (Å²) in [5.74, 6) is 1.21. The molecule has 3 aliphatic rings. The summed E-state index contributed by atoms with van der Waals surface area (Å²) in [6.07, 6.45) is 5.00. The number of amides is 1. The number of benzene rings is 1. The molecule has 2 saturated heterocycles. The standard InChI is InChI=1S/C19H25N3O2/c23-18(14-4-2-1-3-5-14)15-8-10-22(11-9-15)19(24)17-12-16(20-21-17)13-6-7-13/h1-5,13,15-17,20-21H,6-12H2. The average molecular weight is 327 g/mol. The van der Waals surface area contributed by atoms with E-state index in [1.807, 2.05) is 35.2 Å². The molecule has 4 rings (SSSR count). The molecule has 2 unspecified atom stereocenters. The van der Waals surface area contributed by atoms with Crippen molar-refractivity contribution in [3.05, 3.63) is 35.9 Å². The van der Waals surface area contributed by atoms with Crippen LogP contribution in [0.25, 0.3) is 0 Å². The van der Waals surface area contributed by atoms with Crippen molar-refractivity contribution < 1.29 is 9.59 Å². The van der Waals surface area contributed by atoms with E-state index in [0.29, 0.717) is 19.1 Å². The van der Waals surface area contributed by atoms with Crippen LogP contribution in [0.4, 0.5) is 0 Å². The number of nitrogens with one attached hydrogen (secondary N) is 2. The number of likely N-dealkylation sites (tertiary alicyclic amines) is 1. The molecule has 2 heterocycles. The van der Waals surface area contributed by atoms with E-state index in [4.69, 9.17) is 0 Å². The SMILES string of the molecule is O=C(c1ccccc1)C1CCN(C(=O)C2CC(C3CC3)NN2)CC1. The maximum Gasteiger partial charge on any atom is 0.241 e. The molecule has 1 amide bonds. The molecule has 128 valence electrons. The van der Waals surface area contributed by atoms with Gasteiger partial charge in [-0.05, 0) is 38.0 Å². The van der Waals surface area contributed by atoms with Gasteiger partial charge in [-0.3, -0.25) is 15.0 Å². The molecule has 1 aromatic rings. The van der Waals surface area contributed by atoms with Gasteiger partial charge in [0.05, 0.1) is 0 Å². The van der Waals surface area contributed by atoms with Crippen LogP contribution in [0.2, 0.25) is 0 Å². The van der Waals surface area contributed by atoms with Crippen LogP contribution < -0.4 is 10.9 Å². The van der Waals surface area contributed by atoms with Gasteiger partial charge in [0, 0.05) is 30.6 Å². The van der Waals surface area contributed by atoms with Crippen molar-refractivity contribution in [1.82, 2.24) is 15.8 Å². The number of carbonyl (C=O) groups is 2. The van der Waals surface area contributed by atoms with Crippen LogP contribution in [0.3, 0.4) is 0 Å². The predicted molar refractivity (Wildman–Crippen MR) is 91.3 cm³/mol. The summed E-state index contributed by atoms with van der Waals surface area (Å²) in [5, 5.41) is 0. The van der Waals surface area contributed by atoms with Crippen molar-refractivity contribution >= 4 is 11.7 Å². The van der Waals surface area contributed by atoms with Gasteiger partial charge >= 0.3 is 0 Å². The van der Waals surface area contributed by atoms with E-state index in [1.165, 1.54) is 12.8 Å². The van der Waals surface area contributed by atoms with Crippen molar-refractivity contribution in [2.24, 2.45) is 11.8 Å². The number of hydrazine groups is 1. The Morgan fingerprint density at radius 3 is 2.33 bits per heavy atom. The minimum atomic E-state index is -0.100. The highest BCUT2D eigenvalue weighted by Crippen LogP contribution is 2.36. The van der Waals surface area contributed by atoms with E-state index in [1.54, 1.807) is 0 Å². The van der Waals surface area contributed by atoms with Crippen molar-refractivity contribution in [3.63, 3.8) is 0 Å². The van der Waals surface area contributed by atoms with Gasteiger partial charge in [-0.25, -0.2) is 5.43 Å². The number of hydrogen-bond donors (Lipinski definition) is 2. The van der Waals surface area contributed by atoms with Crippen molar-refractivity contribution in [2.75, 3.05) is 13.1 Å². The van der Waals surface area contributed by atoms with Crippen LogP contribution >= 0.6 is 0 Å². The summed E-state index contributed by atoms with van der Waals surface area (Å²) in [7, 11) is 0. The summed E-state index contributed by atoms with van der Waals surface area (Å²) in [5.41, 5.74) is 7.25. The Kier molecular flexibility index (Phi) is 4.37. The Hall–Kier alpha value is -1.72. The number of hydrogen-bond acceptors (Lipinski definition) is 4. The molecular formula is C19H25N3O2. The summed E-state index contributed by atoms with van der Waals surface area (Å²) in [4.78, 5) is 27.1. The van der Waals surface area contributed by atoms with Gasteiger partial charge in [0.25, 0.3) is 0 Å². The lowest BCUT2D eigenvalue weighted by atomic mass is 9.88. The van der Waals surface area contributed by atoms with Gasteiger partial charge in [-0.15, -0.1) is 0 Å². The van der Waals surface area contributed by atoms with E-state index in [-0.39, 0.29) is 23.7 Å². The fraction of sp³-hybridized carbons (Fsp3) is 0.579. The third-order valence-corrected chi connectivity index (χ3v) is 5.66. The summed E-state index contributed by atoms with van der Waals surface area (Å²) in [6.45, 7) is 1.38. The monoisotopic (exact) mass is 327 g/mol. The van der Waals surface area contributed by atoms with Crippen LogP contribution in [0, 0.1) is 11.8 Å². The number of rotatable bonds is 4. The molecule has 2 atom stereocenters. The van der Waals surface area contributed by atoms with Crippen LogP contribution in [0.5, 0.6) is 0 Å². The number of carbonyl (C=O) groups excluding carboxylic acids is 2. The molecule has 0 radical (unpaired) electrons. The van der Waals surface area contributed by atoms with Gasteiger partial charge in [0.2, 0.25) is 5.91 Å². The summed E-state index contributed by atoms with van der Waals surface area (Å²) < 4.78 is 0. The lowest BCUT2D eigenvalue weighted by Gasteiger charge is -2.32. The van der Waals surface area contributed by atoms with Gasteiger partial charge in [-0.2, -0.15) is 0 Å². The fourth-order valence-electron chi connectivity index (χ4n) is 3.97. The number of piperidine rings is 1. The Labute approximate surface area is 142 Å². The first-order valence-corrected chi connectivity index (χ1v) is 9.11. The second-order valence-electron chi connectivity index (χ2n) is 7.35. The quantitative estimate of drug-likeness (QED) is 0.827. The molecule has 2 aliphatic heterocycles. The highest BCUT2D eigenvalue weighted by atomic mass is 16.2. The van der Waals surface area contributed by atoms with Crippen molar-refractivity contribution in [3.8, 4) is 0 Å². The minimum absolute atomic E-state index is 0.0466. The molecule has 1 aliphatic carbocycles. The third-order valence-electron chi connectivity index (χ3n) is 5.66. The predicted octanol–water partition coefficient (Wildman–Crippen LogP) is 1.75. The summed E-state index contributed by atoms with van der Waals surface area (Å²) >= 11 is 0. The first kappa shape index (κ1) is 15.8. The van der Waals surface area contributed by atoms with E-state index in [9.17, 15) is 9.59 Å². The molecule has 5 heteroatoms. The van der Waals surface area contributed by atoms with E-state index in [0.717, 1.165) is 30.7 Å². The van der Waals surface area contributed by atoms with Crippen molar-refractivity contribution in [1.29, 1.82) is 0 Å². The van der Waals surface area contributed by atoms with Crippen LogP contribution in [0.1, 0.15) is 42.5 Å². The molecule has 2 N–H and O–H groups in total. The van der Waals surface area contributed by atoms with Crippen LogP contribution in [-0.4, -0.2) is 41.8 Å². The van der Waals surface area contributed by atoms with E-state index < -0.39 is 0 Å². The molecule has 0 aromatic heterocycles. The van der Waals surface area contributed by atoms with Crippen molar-refractivity contribution in [2.45, 2.75) is 44.2 Å². The molecule has 24 heavy (non-hydrogen) atoms. The molecular weight excluding hydrogens is 302 g/mol.